The third-order valence-electron chi connectivity index (χ3n) is 7.49. The minimum Gasteiger partial charge on any atom is -0.0654 e. The summed E-state index contributed by atoms with van der Waals surface area (Å²) in [5.74, 6) is 3.72. The fourth-order valence-corrected chi connectivity index (χ4v) is 5.70. The lowest BCUT2D eigenvalue weighted by atomic mass is 9.75. The molecule has 3 rings (SSSR count). The predicted molar refractivity (Wildman–Crippen MR) is 115 cm³/mol. The van der Waals surface area contributed by atoms with Gasteiger partial charge in [-0.05, 0) is 86.2 Å². The highest BCUT2D eigenvalue weighted by molar-refractivity contribution is 5.28. The third-order valence-corrected chi connectivity index (χ3v) is 7.49. The van der Waals surface area contributed by atoms with Gasteiger partial charge >= 0.3 is 0 Å². The molecular formula is C26H42. The molecule has 2 fully saturated rings. The summed E-state index contributed by atoms with van der Waals surface area (Å²) < 4.78 is 0. The molecule has 0 N–H and O–H groups in total. The summed E-state index contributed by atoms with van der Waals surface area (Å²) in [5, 5.41) is 0. The van der Waals surface area contributed by atoms with Crippen LogP contribution < -0.4 is 0 Å². The van der Waals surface area contributed by atoms with E-state index < -0.39 is 0 Å². The first-order valence-electron chi connectivity index (χ1n) is 11.9. The fourth-order valence-electron chi connectivity index (χ4n) is 5.70. The second-order valence-corrected chi connectivity index (χ2v) is 9.39. The van der Waals surface area contributed by atoms with Crippen molar-refractivity contribution in [3.8, 4) is 0 Å². The maximum absolute atomic E-state index is 2.48. The smallest absolute Gasteiger partial charge is 0.0162 e. The molecule has 0 atom stereocenters. The van der Waals surface area contributed by atoms with Crippen molar-refractivity contribution < 1.29 is 0 Å². The molecule has 0 unspecified atom stereocenters. The fraction of sp³-hybridized carbons (Fsp3) is 0.769. The van der Waals surface area contributed by atoms with Gasteiger partial charge in [-0.15, -0.1) is 0 Å². The Labute approximate surface area is 163 Å². The molecule has 0 heterocycles. The Hall–Kier alpha value is -0.780. The van der Waals surface area contributed by atoms with Crippen LogP contribution in [-0.2, 0) is 0 Å². The minimum absolute atomic E-state index is 0.839. The summed E-state index contributed by atoms with van der Waals surface area (Å²) in [5.41, 5.74) is 3.25. The number of benzene rings is 1. The maximum atomic E-state index is 2.48. The van der Waals surface area contributed by atoms with Crippen LogP contribution in [0.25, 0.3) is 0 Å². The molecule has 0 nitrogen and oxygen atoms in total. The van der Waals surface area contributed by atoms with Crippen molar-refractivity contribution in [1.82, 2.24) is 0 Å². The van der Waals surface area contributed by atoms with Crippen LogP contribution >= 0.6 is 0 Å². The van der Waals surface area contributed by atoms with E-state index in [2.05, 4.69) is 38.1 Å². The summed E-state index contributed by atoms with van der Waals surface area (Å²) in [6, 6.07) is 9.92. The Morgan fingerprint density at radius 2 is 1.04 bits per heavy atom. The molecule has 0 aliphatic heterocycles. The molecule has 0 saturated heterocycles. The Morgan fingerprint density at radius 3 is 1.46 bits per heavy atom. The minimum atomic E-state index is 0.839. The first kappa shape index (κ1) is 20.0. The van der Waals surface area contributed by atoms with Gasteiger partial charge in [-0.2, -0.15) is 0 Å². The molecule has 0 radical (unpaired) electrons. The molecule has 2 saturated carbocycles. The first-order chi connectivity index (χ1) is 12.8. The van der Waals surface area contributed by atoms with Gasteiger partial charge in [0.15, 0.2) is 0 Å². The van der Waals surface area contributed by atoms with Gasteiger partial charge in [-0.25, -0.2) is 0 Å². The molecule has 0 amide bonds. The quantitative estimate of drug-likeness (QED) is 0.410. The molecule has 146 valence electrons. The standard InChI is InChI=1S/C26H42/c1-3-5-6-8-22-11-15-24(16-12-22)26-19-17-25(18-20-26)23-13-9-21(7-4-2)10-14-23/h17-24H,3-16H2,1-2H3. The zero-order valence-electron chi connectivity index (χ0n) is 17.5. The molecule has 0 heteroatoms. The van der Waals surface area contributed by atoms with Crippen molar-refractivity contribution >= 4 is 0 Å². The van der Waals surface area contributed by atoms with E-state index in [1.54, 1.807) is 11.1 Å². The average Bonchev–Trinajstić information content (AvgIpc) is 2.70. The lowest BCUT2D eigenvalue weighted by Crippen LogP contribution is -2.14. The van der Waals surface area contributed by atoms with Crippen molar-refractivity contribution in [3.63, 3.8) is 0 Å². The number of unbranched alkanes of at least 4 members (excludes halogenated alkanes) is 2. The highest BCUT2D eigenvalue weighted by Crippen LogP contribution is 2.40. The monoisotopic (exact) mass is 354 g/mol. The highest BCUT2D eigenvalue weighted by Gasteiger charge is 2.24. The van der Waals surface area contributed by atoms with Gasteiger partial charge in [0.05, 0.1) is 0 Å². The summed E-state index contributed by atoms with van der Waals surface area (Å²) in [6.07, 6.45) is 20.1. The van der Waals surface area contributed by atoms with Crippen molar-refractivity contribution in [2.45, 2.75) is 116 Å². The number of rotatable bonds is 8. The molecule has 1 aromatic carbocycles. The lowest BCUT2D eigenvalue weighted by molar-refractivity contribution is 0.302. The second-order valence-electron chi connectivity index (χ2n) is 9.39. The molecule has 0 aromatic heterocycles. The van der Waals surface area contributed by atoms with Gasteiger partial charge in [0.1, 0.15) is 0 Å². The summed E-state index contributed by atoms with van der Waals surface area (Å²) in [4.78, 5) is 0. The molecular weight excluding hydrogens is 312 g/mol. The second kappa shape index (κ2) is 10.5. The van der Waals surface area contributed by atoms with Gasteiger partial charge in [0.25, 0.3) is 0 Å². The van der Waals surface area contributed by atoms with Crippen LogP contribution in [0, 0.1) is 11.8 Å². The van der Waals surface area contributed by atoms with E-state index in [1.807, 2.05) is 0 Å². The van der Waals surface area contributed by atoms with E-state index >= 15 is 0 Å². The van der Waals surface area contributed by atoms with Gasteiger partial charge in [-0.3, -0.25) is 0 Å². The SMILES string of the molecule is CCCCCC1CCC(c2ccc(C3CCC(CCC)CC3)cc2)CC1. The van der Waals surface area contributed by atoms with Crippen LogP contribution in [0.1, 0.15) is 127 Å². The van der Waals surface area contributed by atoms with Gasteiger partial charge in [-0.1, -0.05) is 76.6 Å². The Morgan fingerprint density at radius 1 is 0.577 bits per heavy atom. The van der Waals surface area contributed by atoms with Crippen LogP contribution in [0.4, 0.5) is 0 Å². The number of hydrogen-bond donors (Lipinski definition) is 0. The van der Waals surface area contributed by atoms with E-state index in [0.717, 1.165) is 23.7 Å². The first-order valence-corrected chi connectivity index (χ1v) is 11.9. The van der Waals surface area contributed by atoms with Crippen LogP contribution in [0.5, 0.6) is 0 Å². The van der Waals surface area contributed by atoms with Crippen molar-refractivity contribution in [3.05, 3.63) is 35.4 Å². The molecule has 1 aromatic rings. The van der Waals surface area contributed by atoms with Gasteiger partial charge in [0, 0.05) is 0 Å². The summed E-state index contributed by atoms with van der Waals surface area (Å²) in [6.45, 7) is 4.65. The van der Waals surface area contributed by atoms with Crippen molar-refractivity contribution in [2.75, 3.05) is 0 Å². The molecule has 26 heavy (non-hydrogen) atoms. The Kier molecular flexibility index (Phi) is 8.08. The number of hydrogen-bond acceptors (Lipinski definition) is 0. The highest BCUT2D eigenvalue weighted by atomic mass is 14.3. The van der Waals surface area contributed by atoms with Crippen molar-refractivity contribution in [1.29, 1.82) is 0 Å². The molecule has 2 aliphatic rings. The third kappa shape index (κ3) is 5.61. The zero-order chi connectivity index (χ0) is 18.2. The van der Waals surface area contributed by atoms with Gasteiger partial charge in [0.2, 0.25) is 0 Å². The van der Waals surface area contributed by atoms with E-state index in [-0.39, 0.29) is 0 Å². The summed E-state index contributed by atoms with van der Waals surface area (Å²) >= 11 is 0. The van der Waals surface area contributed by atoms with Crippen LogP contribution in [0.3, 0.4) is 0 Å². The summed E-state index contributed by atoms with van der Waals surface area (Å²) in [7, 11) is 0. The maximum Gasteiger partial charge on any atom is -0.0162 e. The van der Waals surface area contributed by atoms with E-state index in [0.29, 0.717) is 0 Å². The van der Waals surface area contributed by atoms with E-state index in [9.17, 15) is 0 Å². The predicted octanol–water partition coefficient (Wildman–Crippen LogP) is 8.61. The topological polar surface area (TPSA) is 0 Å². The largest absolute Gasteiger partial charge is 0.0654 e. The Bertz CT molecular complexity index is 483. The van der Waals surface area contributed by atoms with Crippen LogP contribution in [0.2, 0.25) is 0 Å². The van der Waals surface area contributed by atoms with Gasteiger partial charge < -0.3 is 0 Å². The molecule has 2 aliphatic carbocycles. The average molecular weight is 355 g/mol. The van der Waals surface area contributed by atoms with E-state index in [1.165, 1.54) is 89.9 Å². The van der Waals surface area contributed by atoms with E-state index in [4.69, 9.17) is 0 Å². The molecule has 0 bridgehead atoms. The zero-order valence-corrected chi connectivity index (χ0v) is 17.5. The van der Waals surface area contributed by atoms with Crippen molar-refractivity contribution in [2.24, 2.45) is 11.8 Å². The van der Waals surface area contributed by atoms with Crippen LogP contribution in [0.15, 0.2) is 24.3 Å². The lowest BCUT2D eigenvalue weighted by Gasteiger charge is -2.30. The normalized spacial score (nSPS) is 29.6. The van der Waals surface area contributed by atoms with Crippen LogP contribution in [-0.4, -0.2) is 0 Å². The molecule has 0 spiro atoms. The Balaban J connectivity index is 1.45.